The van der Waals surface area contributed by atoms with Crippen LogP contribution in [0.2, 0.25) is 0 Å². The van der Waals surface area contributed by atoms with E-state index < -0.39 is 0 Å². The third-order valence-electron chi connectivity index (χ3n) is 3.52. The van der Waals surface area contributed by atoms with Crippen LogP contribution in [0.3, 0.4) is 0 Å². The van der Waals surface area contributed by atoms with Crippen LogP contribution in [-0.4, -0.2) is 30.5 Å². The lowest BCUT2D eigenvalue weighted by atomic mass is 10.0. The predicted octanol–water partition coefficient (Wildman–Crippen LogP) is 4.17. The molecule has 0 radical (unpaired) electrons. The van der Waals surface area contributed by atoms with Crippen molar-refractivity contribution in [3.8, 4) is 11.8 Å². The summed E-state index contributed by atoms with van der Waals surface area (Å²) in [6, 6.07) is 13.0. The Morgan fingerprint density at radius 2 is 1.96 bits per heavy atom. The van der Waals surface area contributed by atoms with Crippen molar-refractivity contribution in [1.29, 1.82) is 0 Å². The summed E-state index contributed by atoms with van der Waals surface area (Å²) in [5.74, 6) is 6.32. The number of fused-ring (bicyclic) bond motifs is 2. The minimum absolute atomic E-state index is 0.0839. The van der Waals surface area contributed by atoms with Crippen LogP contribution in [0.1, 0.15) is 11.1 Å². The summed E-state index contributed by atoms with van der Waals surface area (Å²) in [6.07, 6.45) is 2.01. The summed E-state index contributed by atoms with van der Waals surface area (Å²) in [5.41, 5.74) is 2.79. The number of nitro groups is 1. The van der Waals surface area contributed by atoms with Gasteiger partial charge in [0, 0.05) is 33.1 Å². The van der Waals surface area contributed by atoms with Gasteiger partial charge in [0.05, 0.1) is 11.5 Å². The number of nitro benzene ring substituents is 1. The molecular weight excluding hydrogens is 320 g/mol. The molecule has 0 atom stereocenters. The smallest absolute Gasteiger partial charge is 0.270 e. The molecule has 120 valence electrons. The molecule has 0 amide bonds. The maximum absolute atomic E-state index is 11.1. The Bertz CT molecular complexity index is 892. The molecule has 0 N–H and O–H groups in total. The van der Waals surface area contributed by atoms with Crippen molar-refractivity contribution in [3.05, 3.63) is 63.7 Å². The van der Waals surface area contributed by atoms with Gasteiger partial charge in [0.15, 0.2) is 0 Å². The Balaban J connectivity index is 2.15. The molecule has 0 saturated carbocycles. The Morgan fingerprint density at radius 1 is 1.17 bits per heavy atom. The number of allylic oxidation sites excluding steroid dienone is 1. The fourth-order valence-corrected chi connectivity index (χ4v) is 3.42. The van der Waals surface area contributed by atoms with E-state index in [-0.39, 0.29) is 10.6 Å². The number of hydrogen-bond donors (Lipinski definition) is 0. The van der Waals surface area contributed by atoms with Gasteiger partial charge in [-0.3, -0.25) is 15.0 Å². The van der Waals surface area contributed by atoms with Gasteiger partial charge in [0.2, 0.25) is 0 Å². The third kappa shape index (κ3) is 3.51. The number of non-ortho nitro benzene ring substituents is 1. The van der Waals surface area contributed by atoms with E-state index in [0.717, 1.165) is 26.5 Å². The van der Waals surface area contributed by atoms with Crippen LogP contribution in [-0.2, 0) is 0 Å². The summed E-state index contributed by atoms with van der Waals surface area (Å²) in [6.45, 7) is 0.635. The molecule has 1 aliphatic rings. The van der Waals surface area contributed by atoms with Crippen LogP contribution >= 0.6 is 11.8 Å². The molecule has 2 aromatic carbocycles. The molecule has 3 rings (SSSR count). The maximum Gasteiger partial charge on any atom is 0.270 e. The zero-order valence-corrected chi connectivity index (χ0v) is 14.3. The summed E-state index contributed by atoms with van der Waals surface area (Å²) in [7, 11) is 3.92. The van der Waals surface area contributed by atoms with Gasteiger partial charge >= 0.3 is 0 Å². The molecular formula is C19H16N2O2S. The topological polar surface area (TPSA) is 46.4 Å². The van der Waals surface area contributed by atoms with Gasteiger partial charge < -0.3 is 0 Å². The molecule has 1 aliphatic heterocycles. The molecule has 1 heterocycles. The van der Waals surface area contributed by atoms with E-state index in [9.17, 15) is 10.1 Å². The van der Waals surface area contributed by atoms with E-state index in [1.54, 1.807) is 23.9 Å². The number of hydrogen-bond acceptors (Lipinski definition) is 4. The van der Waals surface area contributed by atoms with Crippen LogP contribution < -0.4 is 0 Å². The Kier molecular flexibility index (Phi) is 4.70. The van der Waals surface area contributed by atoms with Gasteiger partial charge in [0.1, 0.15) is 0 Å². The van der Waals surface area contributed by atoms with Crippen LogP contribution in [0.15, 0.2) is 52.3 Å². The zero-order chi connectivity index (χ0) is 17.1. The molecule has 0 fully saturated rings. The van der Waals surface area contributed by atoms with Crippen molar-refractivity contribution in [1.82, 2.24) is 4.90 Å². The fourth-order valence-electron chi connectivity index (χ4n) is 2.37. The monoisotopic (exact) mass is 336 g/mol. The number of rotatable bonds is 2. The highest BCUT2D eigenvalue weighted by Crippen LogP contribution is 2.41. The van der Waals surface area contributed by atoms with Gasteiger partial charge in [-0.05, 0) is 37.9 Å². The molecule has 0 aromatic heterocycles. The lowest BCUT2D eigenvalue weighted by molar-refractivity contribution is -0.384. The molecule has 0 bridgehead atoms. The van der Waals surface area contributed by atoms with E-state index in [0.29, 0.717) is 6.54 Å². The van der Waals surface area contributed by atoms with Gasteiger partial charge in [-0.15, -0.1) is 0 Å². The first kappa shape index (κ1) is 16.3. The molecule has 0 aliphatic carbocycles. The number of benzene rings is 2. The molecule has 0 saturated heterocycles. The Morgan fingerprint density at radius 3 is 2.71 bits per heavy atom. The van der Waals surface area contributed by atoms with Crippen LogP contribution in [0.4, 0.5) is 5.69 Å². The Labute approximate surface area is 145 Å². The van der Waals surface area contributed by atoms with Crippen molar-refractivity contribution in [2.24, 2.45) is 0 Å². The SMILES string of the molecule is CN(C)CC#CC1=Cc2ccccc2Sc2ccc([N+](=O)[O-])cc21. The Hall–Kier alpha value is -2.55. The van der Waals surface area contributed by atoms with Crippen molar-refractivity contribution < 1.29 is 4.92 Å². The van der Waals surface area contributed by atoms with E-state index >= 15 is 0 Å². The van der Waals surface area contributed by atoms with Crippen molar-refractivity contribution in [3.63, 3.8) is 0 Å². The lowest BCUT2D eigenvalue weighted by Gasteiger charge is -2.06. The second-order valence-electron chi connectivity index (χ2n) is 5.68. The predicted molar refractivity (Wildman–Crippen MR) is 97.9 cm³/mol. The third-order valence-corrected chi connectivity index (χ3v) is 4.69. The zero-order valence-electron chi connectivity index (χ0n) is 13.4. The van der Waals surface area contributed by atoms with Crippen LogP contribution in [0.25, 0.3) is 11.6 Å². The average Bonchev–Trinajstić information content (AvgIpc) is 2.70. The first-order valence-corrected chi connectivity index (χ1v) is 8.27. The average molecular weight is 336 g/mol. The van der Waals surface area contributed by atoms with Crippen LogP contribution in [0.5, 0.6) is 0 Å². The molecule has 0 spiro atoms. The highest BCUT2D eigenvalue weighted by atomic mass is 32.2. The highest BCUT2D eigenvalue weighted by molar-refractivity contribution is 7.99. The van der Waals surface area contributed by atoms with Crippen LogP contribution in [0, 0.1) is 22.0 Å². The van der Waals surface area contributed by atoms with E-state index in [1.807, 2.05) is 49.3 Å². The molecule has 2 aromatic rings. The largest absolute Gasteiger partial charge is 0.299 e. The first-order chi connectivity index (χ1) is 11.5. The van der Waals surface area contributed by atoms with Crippen molar-refractivity contribution in [2.75, 3.05) is 20.6 Å². The summed E-state index contributed by atoms with van der Waals surface area (Å²) < 4.78 is 0. The minimum Gasteiger partial charge on any atom is -0.299 e. The first-order valence-electron chi connectivity index (χ1n) is 7.45. The maximum atomic E-state index is 11.1. The summed E-state index contributed by atoms with van der Waals surface area (Å²) >= 11 is 1.61. The van der Waals surface area contributed by atoms with Crippen molar-refractivity contribution in [2.45, 2.75) is 9.79 Å². The van der Waals surface area contributed by atoms with Gasteiger partial charge in [0.25, 0.3) is 5.69 Å². The highest BCUT2D eigenvalue weighted by Gasteiger charge is 2.18. The second kappa shape index (κ2) is 6.91. The molecule has 4 nitrogen and oxygen atoms in total. The molecule has 0 unspecified atom stereocenters. The second-order valence-corrected chi connectivity index (χ2v) is 6.76. The standard InChI is InChI=1S/C19H16N2O2S/c1-20(2)11-5-7-14-12-15-6-3-4-8-18(15)24-19-10-9-16(21(22)23)13-17(14)19/h3-4,6,8-10,12-13H,11H2,1-2H3. The molecule has 24 heavy (non-hydrogen) atoms. The van der Waals surface area contributed by atoms with Crippen molar-refractivity contribution >= 4 is 29.1 Å². The summed E-state index contributed by atoms with van der Waals surface area (Å²) in [5, 5.41) is 11.1. The minimum atomic E-state index is -0.367. The van der Waals surface area contributed by atoms with Gasteiger partial charge in [-0.2, -0.15) is 0 Å². The fraction of sp³-hybridized carbons (Fsp3) is 0.158. The van der Waals surface area contributed by atoms with E-state index in [2.05, 4.69) is 17.9 Å². The lowest BCUT2D eigenvalue weighted by Crippen LogP contribution is -2.10. The summed E-state index contributed by atoms with van der Waals surface area (Å²) in [4.78, 5) is 14.9. The molecule has 5 heteroatoms. The normalized spacial score (nSPS) is 12.4. The van der Waals surface area contributed by atoms with Gasteiger partial charge in [-0.1, -0.05) is 41.8 Å². The number of nitrogens with zero attached hydrogens (tertiary/aromatic N) is 2. The quantitative estimate of drug-likeness (QED) is 0.469. The van der Waals surface area contributed by atoms with E-state index in [4.69, 9.17) is 0 Å². The van der Waals surface area contributed by atoms with Gasteiger partial charge in [-0.25, -0.2) is 0 Å². The van der Waals surface area contributed by atoms with E-state index in [1.165, 1.54) is 0 Å².